The summed E-state index contributed by atoms with van der Waals surface area (Å²) in [6.07, 6.45) is 8.00. The number of rotatable bonds is 3. The number of ketones is 1. The summed E-state index contributed by atoms with van der Waals surface area (Å²) in [6.45, 7) is 1.95. The van der Waals surface area contributed by atoms with E-state index in [2.05, 4.69) is 5.10 Å². The molecular weight excluding hydrogens is 284 g/mol. The Morgan fingerprint density at radius 1 is 1.24 bits per heavy atom. The third-order valence-corrected chi connectivity index (χ3v) is 6.71. The van der Waals surface area contributed by atoms with Crippen LogP contribution in [0.5, 0.6) is 0 Å². The highest BCUT2D eigenvalue weighted by Crippen LogP contribution is 2.60. The van der Waals surface area contributed by atoms with Crippen LogP contribution in [0.3, 0.4) is 0 Å². The van der Waals surface area contributed by atoms with E-state index in [0.29, 0.717) is 17.4 Å². The van der Waals surface area contributed by atoms with Crippen molar-refractivity contribution in [3.8, 4) is 0 Å². The summed E-state index contributed by atoms with van der Waals surface area (Å²) < 4.78 is 1.68. The summed E-state index contributed by atoms with van der Waals surface area (Å²) in [5.74, 6) is 2.86. The van der Waals surface area contributed by atoms with Crippen molar-refractivity contribution in [2.24, 2.45) is 30.2 Å². The van der Waals surface area contributed by atoms with Gasteiger partial charge in [0.2, 0.25) is 0 Å². The number of halogens is 1. The van der Waals surface area contributed by atoms with E-state index in [9.17, 15) is 4.79 Å². The van der Waals surface area contributed by atoms with Crippen LogP contribution < -0.4 is 0 Å². The van der Waals surface area contributed by atoms with Gasteiger partial charge in [-0.1, -0.05) is 11.6 Å². The SMILES string of the molecule is Cc1nn(C)c(Cl)c1CC(=O)C12CC3CC(CC(C3)C1)C2. The summed E-state index contributed by atoms with van der Waals surface area (Å²) >= 11 is 6.31. The van der Waals surface area contributed by atoms with Crippen molar-refractivity contribution < 1.29 is 4.79 Å². The van der Waals surface area contributed by atoms with Gasteiger partial charge >= 0.3 is 0 Å². The van der Waals surface area contributed by atoms with Crippen LogP contribution in [0.1, 0.15) is 49.8 Å². The summed E-state index contributed by atoms with van der Waals surface area (Å²) in [6, 6.07) is 0. The lowest BCUT2D eigenvalue weighted by Crippen LogP contribution is -2.50. The Kier molecular flexibility index (Phi) is 3.01. The maximum atomic E-state index is 13.1. The van der Waals surface area contributed by atoms with Gasteiger partial charge in [-0.25, -0.2) is 0 Å². The number of nitrogens with zero attached hydrogens (tertiary/aromatic N) is 2. The number of carbonyl (C=O) groups is 1. The fourth-order valence-corrected chi connectivity index (χ4v) is 5.92. The molecule has 0 aromatic carbocycles. The van der Waals surface area contributed by atoms with Crippen LogP contribution in [0.4, 0.5) is 0 Å². The van der Waals surface area contributed by atoms with E-state index in [1.807, 2.05) is 14.0 Å². The third-order valence-electron chi connectivity index (χ3n) is 6.24. The molecule has 0 amide bonds. The van der Waals surface area contributed by atoms with Crippen molar-refractivity contribution in [1.82, 2.24) is 9.78 Å². The van der Waals surface area contributed by atoms with E-state index >= 15 is 0 Å². The Morgan fingerprint density at radius 3 is 2.19 bits per heavy atom. The Hall–Kier alpha value is -0.830. The maximum Gasteiger partial charge on any atom is 0.143 e. The predicted octanol–water partition coefficient (Wildman–Crippen LogP) is 3.71. The molecule has 114 valence electrons. The van der Waals surface area contributed by atoms with E-state index in [1.165, 1.54) is 19.3 Å². The van der Waals surface area contributed by atoms with Gasteiger partial charge in [0.15, 0.2) is 0 Å². The van der Waals surface area contributed by atoms with Crippen LogP contribution in [0, 0.1) is 30.1 Å². The highest BCUT2D eigenvalue weighted by atomic mass is 35.5. The zero-order valence-corrected chi connectivity index (χ0v) is 13.6. The monoisotopic (exact) mass is 306 g/mol. The van der Waals surface area contributed by atoms with Gasteiger partial charge in [-0.3, -0.25) is 9.48 Å². The number of carbonyl (C=O) groups excluding carboxylic acids is 1. The van der Waals surface area contributed by atoms with E-state index in [4.69, 9.17) is 11.6 Å². The zero-order chi connectivity index (χ0) is 14.8. The van der Waals surface area contributed by atoms with Crippen LogP contribution in [0.25, 0.3) is 0 Å². The third kappa shape index (κ3) is 2.08. The zero-order valence-electron chi connectivity index (χ0n) is 12.9. The molecule has 5 rings (SSSR count). The summed E-state index contributed by atoms with van der Waals surface area (Å²) in [5, 5.41) is 4.97. The minimum atomic E-state index is -0.0274. The number of hydrogen-bond acceptors (Lipinski definition) is 2. The number of Topliss-reactive ketones (excluding diaryl/α,β-unsaturated/α-hetero) is 1. The molecule has 0 N–H and O–H groups in total. The lowest BCUT2D eigenvalue weighted by atomic mass is 9.48. The van der Waals surface area contributed by atoms with E-state index in [1.54, 1.807) is 4.68 Å². The maximum absolute atomic E-state index is 13.1. The molecule has 4 aliphatic rings. The van der Waals surface area contributed by atoms with E-state index in [-0.39, 0.29) is 5.41 Å². The molecule has 0 aliphatic heterocycles. The fraction of sp³-hybridized carbons (Fsp3) is 0.765. The second kappa shape index (κ2) is 4.58. The van der Waals surface area contributed by atoms with Gasteiger partial charge in [0.25, 0.3) is 0 Å². The lowest BCUT2D eigenvalue weighted by molar-refractivity contribution is -0.143. The molecule has 0 saturated heterocycles. The smallest absolute Gasteiger partial charge is 0.143 e. The van der Waals surface area contributed by atoms with Crippen LogP contribution in [-0.4, -0.2) is 15.6 Å². The number of hydrogen-bond donors (Lipinski definition) is 0. The van der Waals surface area contributed by atoms with Gasteiger partial charge in [-0.2, -0.15) is 5.10 Å². The molecule has 0 unspecified atom stereocenters. The molecule has 1 aromatic heterocycles. The average Bonchev–Trinajstić information content (AvgIpc) is 2.64. The molecule has 1 aromatic rings. The largest absolute Gasteiger partial charge is 0.299 e. The van der Waals surface area contributed by atoms with Crippen LogP contribution in [-0.2, 0) is 18.3 Å². The Labute approximate surface area is 131 Å². The predicted molar refractivity (Wildman–Crippen MR) is 82.3 cm³/mol. The van der Waals surface area contributed by atoms with Crippen molar-refractivity contribution in [1.29, 1.82) is 0 Å². The number of aryl methyl sites for hydroxylation is 2. The van der Waals surface area contributed by atoms with Crippen LogP contribution >= 0.6 is 11.6 Å². The number of aromatic nitrogens is 2. The highest BCUT2D eigenvalue weighted by Gasteiger charge is 2.54. The molecule has 4 aliphatic carbocycles. The van der Waals surface area contributed by atoms with E-state index < -0.39 is 0 Å². The minimum absolute atomic E-state index is 0.0274. The first-order valence-corrected chi connectivity index (χ1v) is 8.56. The molecule has 0 atom stereocenters. The second-order valence-electron chi connectivity index (χ2n) is 7.78. The quantitative estimate of drug-likeness (QED) is 0.853. The normalized spacial score (nSPS) is 37.2. The van der Waals surface area contributed by atoms with Crippen molar-refractivity contribution in [3.63, 3.8) is 0 Å². The first-order valence-electron chi connectivity index (χ1n) is 8.18. The average molecular weight is 307 g/mol. The molecule has 0 radical (unpaired) electrons. The lowest BCUT2D eigenvalue weighted by Gasteiger charge is -2.56. The topological polar surface area (TPSA) is 34.9 Å². The van der Waals surface area contributed by atoms with Gasteiger partial charge in [-0.05, 0) is 63.2 Å². The van der Waals surface area contributed by atoms with Gasteiger partial charge in [0.05, 0.1) is 5.69 Å². The second-order valence-corrected chi connectivity index (χ2v) is 8.13. The van der Waals surface area contributed by atoms with Crippen molar-refractivity contribution in [3.05, 3.63) is 16.4 Å². The molecule has 4 heteroatoms. The highest BCUT2D eigenvalue weighted by molar-refractivity contribution is 6.30. The Morgan fingerprint density at radius 2 is 1.76 bits per heavy atom. The summed E-state index contributed by atoms with van der Waals surface area (Å²) in [7, 11) is 1.84. The van der Waals surface area contributed by atoms with Gasteiger partial charge < -0.3 is 0 Å². The Balaban J connectivity index is 1.60. The molecule has 4 bridgehead atoms. The first kappa shape index (κ1) is 13.8. The standard InChI is InChI=1S/C17H23ClN2O/c1-10-14(16(18)20(2)19-10)6-15(21)17-7-11-3-12(8-17)5-13(4-11)9-17/h11-13H,3-9H2,1-2H3. The molecule has 1 heterocycles. The van der Waals surface area contributed by atoms with Crippen molar-refractivity contribution in [2.45, 2.75) is 51.9 Å². The Bertz CT molecular complexity index is 569. The molecule has 4 fully saturated rings. The molecule has 4 saturated carbocycles. The van der Waals surface area contributed by atoms with Crippen molar-refractivity contribution in [2.75, 3.05) is 0 Å². The van der Waals surface area contributed by atoms with Crippen molar-refractivity contribution >= 4 is 17.4 Å². The molecule has 3 nitrogen and oxygen atoms in total. The summed E-state index contributed by atoms with van der Waals surface area (Å²) in [5.41, 5.74) is 1.82. The van der Waals surface area contributed by atoms with Gasteiger partial charge in [0, 0.05) is 24.4 Å². The van der Waals surface area contributed by atoms with E-state index in [0.717, 1.165) is 48.3 Å². The van der Waals surface area contributed by atoms with Crippen LogP contribution in [0.15, 0.2) is 0 Å². The molecule has 21 heavy (non-hydrogen) atoms. The minimum Gasteiger partial charge on any atom is -0.299 e. The summed E-state index contributed by atoms with van der Waals surface area (Å²) in [4.78, 5) is 13.1. The van der Waals surface area contributed by atoms with Crippen LogP contribution in [0.2, 0.25) is 5.15 Å². The van der Waals surface area contributed by atoms with Gasteiger partial charge in [0.1, 0.15) is 10.9 Å². The molecular formula is C17H23ClN2O. The van der Waals surface area contributed by atoms with Gasteiger partial charge in [-0.15, -0.1) is 0 Å². The first-order chi connectivity index (χ1) is 9.97. The fourth-order valence-electron chi connectivity index (χ4n) is 5.67. The molecule has 0 spiro atoms.